The van der Waals surface area contributed by atoms with Gasteiger partial charge in [0.1, 0.15) is 17.3 Å². The van der Waals surface area contributed by atoms with E-state index in [2.05, 4.69) is 9.71 Å². The molecule has 5 nitrogen and oxygen atoms in total. The SMILES string of the molecule is O=S1(=O)N=C(c2ccc(OCc3ccc(Cl)c(Cl)c3)cc2)Nc2ccccc21. The molecule has 142 valence electrons. The lowest BCUT2D eigenvalue weighted by atomic mass is 10.2. The molecule has 1 heterocycles. The van der Waals surface area contributed by atoms with Gasteiger partial charge in [0.2, 0.25) is 0 Å². The van der Waals surface area contributed by atoms with Crippen LogP contribution in [0.5, 0.6) is 5.75 Å². The third-order valence-electron chi connectivity index (χ3n) is 4.15. The van der Waals surface area contributed by atoms with Crippen molar-refractivity contribution in [1.82, 2.24) is 0 Å². The molecule has 0 spiro atoms. The number of nitrogens with zero attached hydrogens (tertiary/aromatic N) is 1. The topological polar surface area (TPSA) is 67.8 Å². The molecule has 0 aliphatic carbocycles. The molecule has 0 unspecified atom stereocenters. The fraction of sp³-hybridized carbons (Fsp3) is 0.0500. The highest BCUT2D eigenvalue weighted by Crippen LogP contribution is 2.28. The van der Waals surface area contributed by atoms with Crippen LogP contribution in [0.4, 0.5) is 5.69 Å². The van der Waals surface area contributed by atoms with Crippen LogP contribution in [-0.4, -0.2) is 14.3 Å². The van der Waals surface area contributed by atoms with E-state index in [0.29, 0.717) is 33.7 Å². The first-order chi connectivity index (χ1) is 13.4. The van der Waals surface area contributed by atoms with Crippen LogP contribution in [0.3, 0.4) is 0 Å². The molecule has 3 aromatic carbocycles. The Morgan fingerprint density at radius 3 is 2.43 bits per heavy atom. The molecule has 28 heavy (non-hydrogen) atoms. The van der Waals surface area contributed by atoms with Gasteiger partial charge in [0.15, 0.2) is 5.84 Å². The third kappa shape index (κ3) is 3.85. The number of anilines is 1. The molecular weight excluding hydrogens is 419 g/mol. The Hall–Kier alpha value is -2.54. The van der Waals surface area contributed by atoms with Gasteiger partial charge in [-0.3, -0.25) is 0 Å². The zero-order valence-corrected chi connectivity index (χ0v) is 16.7. The maximum absolute atomic E-state index is 12.4. The van der Waals surface area contributed by atoms with Crippen molar-refractivity contribution in [1.29, 1.82) is 0 Å². The summed E-state index contributed by atoms with van der Waals surface area (Å²) in [5.41, 5.74) is 2.03. The van der Waals surface area contributed by atoms with Crippen LogP contribution < -0.4 is 10.1 Å². The Kier molecular flexibility index (Phi) is 5.02. The van der Waals surface area contributed by atoms with E-state index in [1.54, 1.807) is 54.6 Å². The first-order valence-electron chi connectivity index (χ1n) is 8.30. The van der Waals surface area contributed by atoms with Crippen molar-refractivity contribution in [2.24, 2.45) is 4.40 Å². The van der Waals surface area contributed by atoms with Crippen molar-refractivity contribution < 1.29 is 13.2 Å². The van der Waals surface area contributed by atoms with Crippen LogP contribution in [0, 0.1) is 0 Å². The minimum absolute atomic E-state index is 0.167. The molecule has 8 heteroatoms. The van der Waals surface area contributed by atoms with Crippen LogP contribution in [0.25, 0.3) is 0 Å². The van der Waals surface area contributed by atoms with Crippen LogP contribution in [0.1, 0.15) is 11.1 Å². The van der Waals surface area contributed by atoms with Gasteiger partial charge in [0.05, 0.1) is 15.7 Å². The predicted molar refractivity (Wildman–Crippen MR) is 111 cm³/mol. The number of rotatable bonds is 4. The summed E-state index contributed by atoms with van der Waals surface area (Å²) in [6, 6.07) is 19.0. The lowest BCUT2D eigenvalue weighted by Crippen LogP contribution is -2.22. The van der Waals surface area contributed by atoms with Gasteiger partial charge >= 0.3 is 0 Å². The molecule has 0 saturated heterocycles. The van der Waals surface area contributed by atoms with Gasteiger partial charge in [-0.25, -0.2) is 0 Å². The molecule has 3 aromatic rings. The molecule has 0 saturated carbocycles. The summed E-state index contributed by atoms with van der Waals surface area (Å²) in [4.78, 5) is 0.167. The largest absolute Gasteiger partial charge is 0.489 e. The Morgan fingerprint density at radius 1 is 0.929 bits per heavy atom. The number of fused-ring (bicyclic) bond motifs is 1. The summed E-state index contributed by atoms with van der Waals surface area (Å²) in [5.74, 6) is 0.907. The molecule has 0 fully saturated rings. The van der Waals surface area contributed by atoms with Crippen molar-refractivity contribution >= 4 is 44.7 Å². The van der Waals surface area contributed by atoms with E-state index in [1.807, 2.05) is 6.07 Å². The Morgan fingerprint density at radius 2 is 1.68 bits per heavy atom. The molecule has 0 bridgehead atoms. The van der Waals surface area contributed by atoms with E-state index in [9.17, 15) is 8.42 Å². The highest BCUT2D eigenvalue weighted by Gasteiger charge is 2.24. The van der Waals surface area contributed by atoms with E-state index in [-0.39, 0.29) is 10.7 Å². The normalized spacial score (nSPS) is 14.6. The molecule has 0 radical (unpaired) electrons. The molecular formula is C20H14Cl2N2O3S. The third-order valence-corrected chi connectivity index (χ3v) is 6.22. The minimum atomic E-state index is -3.73. The van der Waals surface area contributed by atoms with Gasteiger partial charge in [-0.1, -0.05) is 41.4 Å². The monoisotopic (exact) mass is 432 g/mol. The van der Waals surface area contributed by atoms with Gasteiger partial charge in [0, 0.05) is 5.56 Å². The quantitative estimate of drug-likeness (QED) is 0.619. The maximum atomic E-state index is 12.4. The van der Waals surface area contributed by atoms with E-state index >= 15 is 0 Å². The van der Waals surface area contributed by atoms with Crippen molar-refractivity contribution in [3.8, 4) is 5.75 Å². The van der Waals surface area contributed by atoms with E-state index in [4.69, 9.17) is 27.9 Å². The molecule has 1 aliphatic heterocycles. The number of benzene rings is 3. The molecule has 1 aliphatic rings. The fourth-order valence-electron chi connectivity index (χ4n) is 2.74. The Bertz CT molecular complexity index is 1180. The summed E-state index contributed by atoms with van der Waals surface area (Å²) in [7, 11) is -3.73. The van der Waals surface area contributed by atoms with Crippen molar-refractivity contribution in [2.45, 2.75) is 11.5 Å². The molecule has 4 rings (SSSR count). The smallest absolute Gasteiger partial charge is 0.286 e. The first-order valence-corrected chi connectivity index (χ1v) is 10.5. The average molecular weight is 433 g/mol. The fourth-order valence-corrected chi connectivity index (χ4v) is 4.20. The molecule has 0 atom stereocenters. The van der Waals surface area contributed by atoms with E-state index in [0.717, 1.165) is 5.56 Å². The summed E-state index contributed by atoms with van der Waals surface area (Å²) < 4.78 is 34.3. The predicted octanol–water partition coefficient (Wildman–Crippen LogP) is 5.13. The first kappa shape index (κ1) is 18.8. The number of hydrogen-bond acceptors (Lipinski definition) is 4. The van der Waals surface area contributed by atoms with Crippen LogP contribution in [0.2, 0.25) is 10.0 Å². The Labute approximate surface area is 172 Å². The van der Waals surface area contributed by atoms with E-state index < -0.39 is 10.0 Å². The van der Waals surface area contributed by atoms with Gasteiger partial charge in [0.25, 0.3) is 10.0 Å². The van der Waals surface area contributed by atoms with Crippen LogP contribution in [-0.2, 0) is 16.6 Å². The van der Waals surface area contributed by atoms with E-state index in [1.165, 1.54) is 6.07 Å². The second kappa shape index (κ2) is 7.47. The number of halogens is 2. The number of para-hydroxylation sites is 1. The number of hydrogen-bond donors (Lipinski definition) is 1. The van der Waals surface area contributed by atoms with Crippen LogP contribution in [0.15, 0.2) is 76.0 Å². The summed E-state index contributed by atoms with van der Waals surface area (Å²) in [5, 5.41) is 4.03. The van der Waals surface area contributed by atoms with Gasteiger partial charge in [-0.05, 0) is 54.1 Å². The van der Waals surface area contributed by atoms with Gasteiger partial charge < -0.3 is 10.1 Å². The maximum Gasteiger partial charge on any atom is 0.286 e. The number of sulfonamides is 1. The van der Waals surface area contributed by atoms with Gasteiger partial charge in [-0.2, -0.15) is 8.42 Å². The molecule has 0 aromatic heterocycles. The zero-order valence-electron chi connectivity index (χ0n) is 14.4. The summed E-state index contributed by atoms with van der Waals surface area (Å²) >= 11 is 11.9. The second-order valence-electron chi connectivity index (χ2n) is 6.10. The number of amidine groups is 1. The number of nitrogens with one attached hydrogen (secondary N) is 1. The zero-order chi connectivity index (χ0) is 19.7. The summed E-state index contributed by atoms with van der Waals surface area (Å²) in [6.07, 6.45) is 0. The highest BCUT2D eigenvalue weighted by atomic mass is 35.5. The van der Waals surface area contributed by atoms with Gasteiger partial charge in [-0.15, -0.1) is 4.40 Å². The number of ether oxygens (including phenoxy) is 1. The lowest BCUT2D eigenvalue weighted by molar-refractivity contribution is 0.306. The summed E-state index contributed by atoms with van der Waals surface area (Å²) in [6.45, 7) is 0.331. The highest BCUT2D eigenvalue weighted by molar-refractivity contribution is 7.90. The van der Waals surface area contributed by atoms with Crippen molar-refractivity contribution in [2.75, 3.05) is 5.32 Å². The second-order valence-corrected chi connectivity index (χ2v) is 8.48. The standard InChI is InChI=1S/C20H14Cl2N2O3S/c21-16-10-5-13(11-17(16)22)12-27-15-8-6-14(7-9-15)20-23-18-3-1-2-4-19(18)28(25,26)24-20/h1-11H,12H2,(H,23,24). The van der Waals surface area contributed by atoms with Crippen LogP contribution >= 0.6 is 23.2 Å². The van der Waals surface area contributed by atoms with Crippen molar-refractivity contribution in [3.63, 3.8) is 0 Å². The van der Waals surface area contributed by atoms with Crippen molar-refractivity contribution in [3.05, 3.63) is 87.9 Å². The molecule has 0 amide bonds. The minimum Gasteiger partial charge on any atom is -0.489 e. The lowest BCUT2D eigenvalue weighted by Gasteiger charge is -2.18. The molecule has 1 N–H and O–H groups in total. The average Bonchev–Trinajstić information content (AvgIpc) is 2.69. The Balaban J connectivity index is 1.51.